The number of carbonyl (C=O) groups is 1. The zero-order valence-electron chi connectivity index (χ0n) is 11.4. The van der Waals surface area contributed by atoms with E-state index in [1.54, 1.807) is 6.33 Å². The summed E-state index contributed by atoms with van der Waals surface area (Å²) in [5.74, 6) is -0.0793. The van der Waals surface area contributed by atoms with Gasteiger partial charge in [0.15, 0.2) is 0 Å². The van der Waals surface area contributed by atoms with E-state index in [1.807, 2.05) is 6.92 Å². The number of nitrogens with zero attached hydrogens (tertiary/aromatic N) is 2. The van der Waals surface area contributed by atoms with E-state index in [0.717, 1.165) is 18.7 Å². The Morgan fingerprint density at radius 2 is 2.44 bits per heavy atom. The molecule has 2 N–H and O–H groups in total. The Morgan fingerprint density at radius 1 is 1.67 bits per heavy atom. The maximum absolute atomic E-state index is 11.9. The van der Waals surface area contributed by atoms with Crippen molar-refractivity contribution in [2.45, 2.75) is 45.7 Å². The molecule has 0 unspecified atom stereocenters. The monoisotopic (exact) mass is 250 g/mol. The van der Waals surface area contributed by atoms with E-state index in [9.17, 15) is 4.79 Å². The number of nitrogens with one attached hydrogen (secondary N) is 2. The summed E-state index contributed by atoms with van der Waals surface area (Å²) in [6, 6.07) is 1.01. The van der Waals surface area contributed by atoms with Crippen LogP contribution in [0.25, 0.3) is 0 Å². The summed E-state index contributed by atoms with van der Waals surface area (Å²) in [4.78, 5) is 21.4. The third-order valence-electron chi connectivity index (χ3n) is 3.63. The van der Waals surface area contributed by atoms with Crippen LogP contribution in [0.2, 0.25) is 0 Å². The average Bonchev–Trinajstić information content (AvgIpc) is 2.94. The van der Waals surface area contributed by atoms with Gasteiger partial charge in [0, 0.05) is 24.3 Å². The molecule has 2 rings (SSSR count). The van der Waals surface area contributed by atoms with E-state index < -0.39 is 0 Å². The number of aryl methyl sites for hydroxylation is 1. The van der Waals surface area contributed by atoms with Crippen molar-refractivity contribution in [1.29, 1.82) is 0 Å². The molecule has 0 radical (unpaired) electrons. The molecule has 0 saturated carbocycles. The first kappa shape index (κ1) is 13.1. The van der Waals surface area contributed by atoms with Gasteiger partial charge in [0.05, 0.1) is 6.33 Å². The van der Waals surface area contributed by atoms with Crippen LogP contribution < -0.4 is 5.32 Å². The molecule has 2 heterocycles. The number of carbonyl (C=O) groups excluding carboxylic acids is 1. The van der Waals surface area contributed by atoms with Gasteiger partial charge in [-0.3, -0.25) is 9.69 Å². The third kappa shape index (κ3) is 2.72. The van der Waals surface area contributed by atoms with Crippen molar-refractivity contribution in [2.75, 3.05) is 13.1 Å². The van der Waals surface area contributed by atoms with Crippen molar-refractivity contribution in [2.24, 2.45) is 0 Å². The maximum Gasteiger partial charge on any atom is 0.271 e. The van der Waals surface area contributed by atoms with Crippen molar-refractivity contribution < 1.29 is 4.79 Å². The first-order valence-corrected chi connectivity index (χ1v) is 6.63. The van der Waals surface area contributed by atoms with Gasteiger partial charge in [-0.1, -0.05) is 0 Å². The number of aromatic amines is 1. The Kier molecular flexibility index (Phi) is 4.01. The van der Waals surface area contributed by atoms with E-state index in [-0.39, 0.29) is 5.91 Å². The van der Waals surface area contributed by atoms with Gasteiger partial charge in [0.25, 0.3) is 5.91 Å². The molecular formula is C13H22N4O. The van der Waals surface area contributed by atoms with Gasteiger partial charge in [-0.15, -0.1) is 0 Å². The predicted molar refractivity (Wildman–Crippen MR) is 70.5 cm³/mol. The number of amides is 1. The molecule has 1 aromatic rings. The highest BCUT2D eigenvalue weighted by Gasteiger charge is 2.27. The van der Waals surface area contributed by atoms with E-state index in [2.05, 4.69) is 34.0 Å². The summed E-state index contributed by atoms with van der Waals surface area (Å²) in [5.41, 5.74) is 1.32. The van der Waals surface area contributed by atoms with Crippen molar-refractivity contribution >= 4 is 5.91 Å². The maximum atomic E-state index is 11.9. The van der Waals surface area contributed by atoms with Crippen molar-refractivity contribution in [1.82, 2.24) is 20.2 Å². The molecule has 100 valence electrons. The van der Waals surface area contributed by atoms with Crippen LogP contribution in [-0.2, 0) is 0 Å². The second kappa shape index (κ2) is 5.52. The minimum atomic E-state index is -0.0793. The molecule has 5 heteroatoms. The molecule has 1 aliphatic rings. The van der Waals surface area contributed by atoms with E-state index >= 15 is 0 Å². The molecule has 0 spiro atoms. The number of hydrogen-bond donors (Lipinski definition) is 2. The fourth-order valence-corrected chi connectivity index (χ4v) is 2.64. The molecule has 1 amide bonds. The van der Waals surface area contributed by atoms with Crippen LogP contribution in [0.15, 0.2) is 6.33 Å². The molecule has 1 aliphatic heterocycles. The summed E-state index contributed by atoms with van der Waals surface area (Å²) in [6.07, 6.45) is 3.94. The lowest BCUT2D eigenvalue weighted by molar-refractivity contribution is 0.0930. The lowest BCUT2D eigenvalue weighted by atomic mass is 10.2. The largest absolute Gasteiger partial charge is 0.349 e. The molecule has 1 atom stereocenters. The SMILES string of the molecule is Cc1[nH]cnc1C(=O)NC[C@@H]1CCCN1C(C)C. The van der Waals surface area contributed by atoms with Crippen LogP contribution in [0.3, 0.4) is 0 Å². The summed E-state index contributed by atoms with van der Waals surface area (Å²) < 4.78 is 0. The first-order chi connectivity index (χ1) is 8.59. The molecule has 0 aromatic carbocycles. The topological polar surface area (TPSA) is 61.0 Å². The lowest BCUT2D eigenvalue weighted by Gasteiger charge is -2.28. The summed E-state index contributed by atoms with van der Waals surface area (Å²) >= 11 is 0. The highest BCUT2D eigenvalue weighted by molar-refractivity contribution is 5.93. The number of imidazole rings is 1. The summed E-state index contributed by atoms with van der Waals surface area (Å²) in [6.45, 7) is 8.12. The van der Waals surface area contributed by atoms with Crippen LogP contribution in [-0.4, -0.2) is 45.9 Å². The Morgan fingerprint density at radius 3 is 3.06 bits per heavy atom. The Hall–Kier alpha value is -1.36. The number of aromatic nitrogens is 2. The lowest BCUT2D eigenvalue weighted by Crippen LogP contribution is -2.43. The molecular weight excluding hydrogens is 228 g/mol. The highest BCUT2D eigenvalue weighted by atomic mass is 16.1. The van der Waals surface area contributed by atoms with E-state index in [4.69, 9.17) is 0 Å². The molecule has 18 heavy (non-hydrogen) atoms. The van der Waals surface area contributed by atoms with E-state index in [1.165, 1.54) is 6.42 Å². The smallest absolute Gasteiger partial charge is 0.271 e. The van der Waals surface area contributed by atoms with Gasteiger partial charge in [-0.25, -0.2) is 4.98 Å². The Balaban J connectivity index is 1.88. The van der Waals surface area contributed by atoms with Gasteiger partial charge >= 0.3 is 0 Å². The Bertz CT molecular complexity index is 413. The molecule has 1 fully saturated rings. The van der Waals surface area contributed by atoms with Gasteiger partial charge in [0.2, 0.25) is 0 Å². The van der Waals surface area contributed by atoms with Crippen LogP contribution in [0.4, 0.5) is 0 Å². The highest BCUT2D eigenvalue weighted by Crippen LogP contribution is 2.19. The normalized spacial score (nSPS) is 20.6. The van der Waals surface area contributed by atoms with Gasteiger partial charge in [0.1, 0.15) is 5.69 Å². The number of hydrogen-bond acceptors (Lipinski definition) is 3. The predicted octanol–water partition coefficient (Wildman–Crippen LogP) is 1.32. The fraction of sp³-hybridized carbons (Fsp3) is 0.692. The van der Waals surface area contributed by atoms with Crippen molar-refractivity contribution in [3.05, 3.63) is 17.7 Å². The average molecular weight is 250 g/mol. The van der Waals surface area contributed by atoms with Crippen LogP contribution in [0, 0.1) is 6.92 Å². The third-order valence-corrected chi connectivity index (χ3v) is 3.63. The number of likely N-dealkylation sites (tertiary alicyclic amines) is 1. The minimum Gasteiger partial charge on any atom is -0.349 e. The fourth-order valence-electron chi connectivity index (χ4n) is 2.64. The Labute approximate surface area is 108 Å². The first-order valence-electron chi connectivity index (χ1n) is 6.63. The zero-order valence-corrected chi connectivity index (χ0v) is 11.4. The quantitative estimate of drug-likeness (QED) is 0.847. The van der Waals surface area contributed by atoms with Crippen LogP contribution >= 0.6 is 0 Å². The van der Waals surface area contributed by atoms with Crippen molar-refractivity contribution in [3.8, 4) is 0 Å². The van der Waals surface area contributed by atoms with Crippen LogP contribution in [0.5, 0.6) is 0 Å². The zero-order chi connectivity index (χ0) is 13.1. The molecule has 1 aromatic heterocycles. The molecule has 0 aliphatic carbocycles. The van der Waals surface area contributed by atoms with Gasteiger partial charge in [-0.05, 0) is 40.2 Å². The molecule has 1 saturated heterocycles. The number of H-pyrrole nitrogens is 1. The van der Waals surface area contributed by atoms with E-state index in [0.29, 0.717) is 24.3 Å². The second-order valence-corrected chi connectivity index (χ2v) is 5.21. The molecule has 5 nitrogen and oxygen atoms in total. The van der Waals surface area contributed by atoms with Gasteiger partial charge < -0.3 is 10.3 Å². The number of rotatable bonds is 4. The second-order valence-electron chi connectivity index (χ2n) is 5.21. The summed E-state index contributed by atoms with van der Waals surface area (Å²) in [5, 5.41) is 2.99. The van der Waals surface area contributed by atoms with Gasteiger partial charge in [-0.2, -0.15) is 0 Å². The minimum absolute atomic E-state index is 0.0793. The van der Waals surface area contributed by atoms with Crippen molar-refractivity contribution in [3.63, 3.8) is 0 Å². The standard InChI is InChI=1S/C13H22N4O/c1-9(2)17-6-4-5-11(17)7-14-13(18)12-10(3)15-8-16-12/h8-9,11H,4-7H2,1-3H3,(H,14,18)(H,15,16)/t11-/m0/s1. The summed E-state index contributed by atoms with van der Waals surface area (Å²) in [7, 11) is 0. The van der Waals surface area contributed by atoms with Crippen LogP contribution in [0.1, 0.15) is 42.9 Å². The molecule has 0 bridgehead atoms.